The minimum atomic E-state index is 0.346. The van der Waals surface area contributed by atoms with Gasteiger partial charge in [0.05, 0.1) is 6.07 Å². The van der Waals surface area contributed by atoms with Crippen LogP contribution in [0.4, 0.5) is 0 Å². The summed E-state index contributed by atoms with van der Waals surface area (Å²) in [5, 5.41) is 8.82. The molecule has 1 fully saturated rings. The molecule has 0 saturated heterocycles. The van der Waals surface area contributed by atoms with Gasteiger partial charge in [-0.2, -0.15) is 5.26 Å². The lowest BCUT2D eigenvalue weighted by Gasteiger charge is -2.41. The Labute approximate surface area is 82.1 Å². The van der Waals surface area contributed by atoms with E-state index in [1.807, 2.05) is 0 Å². The van der Waals surface area contributed by atoms with Crippen LogP contribution in [0.1, 0.15) is 52.9 Å². The number of hydrogen-bond donors (Lipinski definition) is 0. The fraction of sp³-hybridized carbons (Fsp3) is 0.917. The Balaban J connectivity index is 2.59. The predicted octanol–water partition coefficient (Wildman–Crippen LogP) is 3.75. The van der Waals surface area contributed by atoms with E-state index in [0.717, 1.165) is 18.8 Å². The highest BCUT2D eigenvalue weighted by atomic mass is 14.4. The Morgan fingerprint density at radius 3 is 2.23 bits per heavy atom. The lowest BCUT2D eigenvalue weighted by Crippen LogP contribution is -2.31. The van der Waals surface area contributed by atoms with Gasteiger partial charge in [-0.15, -0.1) is 0 Å². The topological polar surface area (TPSA) is 23.8 Å². The molecule has 0 spiro atoms. The molecule has 1 saturated carbocycles. The lowest BCUT2D eigenvalue weighted by molar-refractivity contribution is 0.0979. The smallest absolute Gasteiger partial charge is 0.0655 e. The molecule has 0 aromatic heterocycles. The van der Waals surface area contributed by atoms with Gasteiger partial charge >= 0.3 is 0 Å². The van der Waals surface area contributed by atoms with E-state index in [-0.39, 0.29) is 0 Å². The molecule has 0 aliphatic heterocycles. The molecule has 0 bridgehead atoms. The highest BCUT2D eigenvalue weighted by Crippen LogP contribution is 2.46. The molecule has 1 aliphatic carbocycles. The third kappa shape index (κ3) is 2.05. The van der Waals surface area contributed by atoms with Crippen LogP contribution in [0.2, 0.25) is 0 Å². The zero-order chi connectivity index (χ0) is 9.90. The Bertz CT molecular complexity index is 192. The van der Waals surface area contributed by atoms with Crippen molar-refractivity contribution in [3.05, 3.63) is 0 Å². The maximum atomic E-state index is 8.82. The molecule has 1 rings (SSSR count). The predicted molar refractivity (Wildman–Crippen MR) is 55.1 cm³/mol. The molecule has 74 valence electrons. The first-order valence-corrected chi connectivity index (χ1v) is 5.54. The molecule has 0 radical (unpaired) electrons. The van der Waals surface area contributed by atoms with Crippen LogP contribution in [0.3, 0.4) is 0 Å². The fourth-order valence-corrected chi connectivity index (χ4v) is 2.66. The normalized spacial score (nSPS) is 34.5. The van der Waals surface area contributed by atoms with E-state index in [1.54, 1.807) is 0 Å². The third-order valence-corrected chi connectivity index (χ3v) is 4.09. The number of nitrogens with zero attached hydrogens (tertiary/aromatic N) is 1. The second-order valence-electron chi connectivity index (χ2n) is 4.77. The first-order chi connectivity index (χ1) is 6.14. The summed E-state index contributed by atoms with van der Waals surface area (Å²) in [6, 6.07) is 2.40. The van der Waals surface area contributed by atoms with Gasteiger partial charge in [-0.05, 0) is 37.0 Å². The van der Waals surface area contributed by atoms with Gasteiger partial charge in [-0.25, -0.2) is 0 Å². The summed E-state index contributed by atoms with van der Waals surface area (Å²) in [4.78, 5) is 0. The van der Waals surface area contributed by atoms with Crippen LogP contribution >= 0.6 is 0 Å². The van der Waals surface area contributed by atoms with Gasteiger partial charge in [0.1, 0.15) is 0 Å². The third-order valence-electron chi connectivity index (χ3n) is 4.09. The van der Waals surface area contributed by atoms with Crippen molar-refractivity contribution in [2.75, 3.05) is 0 Å². The quantitative estimate of drug-likeness (QED) is 0.633. The average molecular weight is 179 g/mol. The van der Waals surface area contributed by atoms with Crippen molar-refractivity contribution in [2.45, 2.75) is 52.9 Å². The van der Waals surface area contributed by atoms with Crippen molar-refractivity contribution in [3.8, 4) is 6.07 Å². The molecule has 13 heavy (non-hydrogen) atoms. The van der Waals surface area contributed by atoms with Crippen LogP contribution in [0.15, 0.2) is 0 Å². The van der Waals surface area contributed by atoms with E-state index in [0.29, 0.717) is 11.3 Å². The zero-order valence-corrected chi connectivity index (χ0v) is 9.14. The van der Waals surface area contributed by atoms with Crippen molar-refractivity contribution in [1.82, 2.24) is 0 Å². The van der Waals surface area contributed by atoms with Gasteiger partial charge in [0.2, 0.25) is 0 Å². The van der Waals surface area contributed by atoms with E-state index >= 15 is 0 Å². The van der Waals surface area contributed by atoms with E-state index in [9.17, 15) is 0 Å². The Hall–Kier alpha value is -0.510. The first-order valence-electron chi connectivity index (χ1n) is 5.54. The molecule has 0 unspecified atom stereocenters. The van der Waals surface area contributed by atoms with E-state index in [2.05, 4.69) is 26.8 Å². The SMILES string of the molecule is CCC1(C(C)C)CCC(C#N)CC1. The zero-order valence-electron chi connectivity index (χ0n) is 9.14. The molecule has 1 nitrogen and oxygen atoms in total. The molecule has 1 heteroatoms. The molecule has 1 aliphatic rings. The minimum absolute atomic E-state index is 0.346. The summed E-state index contributed by atoms with van der Waals surface area (Å²) in [6.45, 7) is 6.96. The van der Waals surface area contributed by atoms with Gasteiger partial charge in [-0.3, -0.25) is 0 Å². The summed E-state index contributed by atoms with van der Waals surface area (Å²) in [6.07, 6.45) is 6.06. The van der Waals surface area contributed by atoms with Crippen molar-refractivity contribution < 1.29 is 0 Å². The monoisotopic (exact) mass is 179 g/mol. The minimum Gasteiger partial charge on any atom is -0.198 e. The molecule has 0 aromatic carbocycles. The number of nitriles is 1. The summed E-state index contributed by atoms with van der Waals surface area (Å²) < 4.78 is 0. The molecule has 0 heterocycles. The van der Waals surface area contributed by atoms with Crippen LogP contribution in [0, 0.1) is 28.6 Å². The van der Waals surface area contributed by atoms with Crippen molar-refractivity contribution in [3.63, 3.8) is 0 Å². The highest BCUT2D eigenvalue weighted by molar-refractivity contribution is 4.93. The second kappa shape index (κ2) is 4.13. The maximum Gasteiger partial charge on any atom is 0.0655 e. The number of hydrogen-bond acceptors (Lipinski definition) is 1. The molecule has 0 amide bonds. The van der Waals surface area contributed by atoms with E-state index in [4.69, 9.17) is 5.26 Å². The van der Waals surface area contributed by atoms with Gasteiger partial charge in [0.15, 0.2) is 0 Å². The molecular weight excluding hydrogens is 158 g/mol. The standard InChI is InChI=1S/C12H21N/c1-4-12(10(2)3)7-5-11(9-13)6-8-12/h10-11H,4-8H2,1-3H3. The number of rotatable bonds is 2. The average Bonchev–Trinajstić information content (AvgIpc) is 2.17. The van der Waals surface area contributed by atoms with Crippen LogP contribution in [0.25, 0.3) is 0 Å². The Kier molecular flexibility index (Phi) is 3.36. The fourth-order valence-electron chi connectivity index (χ4n) is 2.66. The summed E-state index contributed by atoms with van der Waals surface area (Å²) in [5.41, 5.74) is 0.549. The highest BCUT2D eigenvalue weighted by Gasteiger charge is 2.36. The maximum absolute atomic E-state index is 8.82. The molecular formula is C12H21N. The first kappa shape index (κ1) is 10.6. The summed E-state index contributed by atoms with van der Waals surface area (Å²) >= 11 is 0. The van der Waals surface area contributed by atoms with Crippen molar-refractivity contribution in [2.24, 2.45) is 17.3 Å². The van der Waals surface area contributed by atoms with Crippen LogP contribution in [-0.4, -0.2) is 0 Å². The van der Waals surface area contributed by atoms with Crippen LogP contribution in [-0.2, 0) is 0 Å². The molecule has 0 atom stereocenters. The van der Waals surface area contributed by atoms with Gasteiger partial charge in [0.25, 0.3) is 0 Å². The van der Waals surface area contributed by atoms with Crippen molar-refractivity contribution in [1.29, 1.82) is 5.26 Å². The van der Waals surface area contributed by atoms with Crippen molar-refractivity contribution >= 4 is 0 Å². The largest absolute Gasteiger partial charge is 0.198 e. The summed E-state index contributed by atoms with van der Waals surface area (Å²) in [7, 11) is 0. The lowest BCUT2D eigenvalue weighted by atomic mass is 9.63. The van der Waals surface area contributed by atoms with Gasteiger partial charge in [-0.1, -0.05) is 27.2 Å². The van der Waals surface area contributed by atoms with Crippen LogP contribution in [0.5, 0.6) is 0 Å². The van der Waals surface area contributed by atoms with Gasteiger partial charge in [0, 0.05) is 5.92 Å². The van der Waals surface area contributed by atoms with E-state index < -0.39 is 0 Å². The van der Waals surface area contributed by atoms with Crippen LogP contribution < -0.4 is 0 Å². The summed E-state index contributed by atoms with van der Waals surface area (Å²) in [5.74, 6) is 1.12. The Morgan fingerprint density at radius 1 is 1.38 bits per heavy atom. The molecule has 0 N–H and O–H groups in total. The molecule has 0 aromatic rings. The second-order valence-corrected chi connectivity index (χ2v) is 4.77. The Morgan fingerprint density at radius 2 is 1.92 bits per heavy atom. The van der Waals surface area contributed by atoms with Gasteiger partial charge < -0.3 is 0 Å². The van der Waals surface area contributed by atoms with E-state index in [1.165, 1.54) is 19.3 Å².